The molecule has 1 N–H and O–H groups in total. The van der Waals surface area contributed by atoms with E-state index in [9.17, 15) is 10.1 Å². The fourth-order valence-electron chi connectivity index (χ4n) is 3.14. The molecule has 152 valence electrons. The maximum absolute atomic E-state index is 11.9. The first-order valence-electron chi connectivity index (χ1n) is 9.24. The predicted molar refractivity (Wildman–Crippen MR) is 122 cm³/mol. The van der Waals surface area contributed by atoms with Crippen molar-refractivity contribution in [2.45, 2.75) is 16.8 Å². The number of hydrogen-bond donors (Lipinski definition) is 1. The van der Waals surface area contributed by atoms with E-state index in [2.05, 4.69) is 25.3 Å². The Labute approximate surface area is 184 Å². The van der Waals surface area contributed by atoms with Crippen molar-refractivity contribution in [2.24, 2.45) is 0 Å². The third-order valence-electron chi connectivity index (χ3n) is 4.54. The van der Waals surface area contributed by atoms with Crippen molar-refractivity contribution in [3.63, 3.8) is 0 Å². The highest BCUT2D eigenvalue weighted by atomic mass is 32.2. The summed E-state index contributed by atoms with van der Waals surface area (Å²) >= 11 is 2.61. The maximum atomic E-state index is 11.9. The van der Waals surface area contributed by atoms with Crippen molar-refractivity contribution in [2.75, 3.05) is 5.32 Å². The van der Waals surface area contributed by atoms with Crippen LogP contribution in [0.2, 0.25) is 0 Å². The lowest BCUT2D eigenvalue weighted by Crippen LogP contribution is -2.02. The number of hydrogen-bond acceptors (Lipinski definition) is 9. The van der Waals surface area contributed by atoms with E-state index < -0.39 is 4.92 Å². The lowest BCUT2D eigenvalue weighted by atomic mass is 10.2. The first-order valence-corrected chi connectivity index (χ1v) is 10.9. The first kappa shape index (κ1) is 19.3. The Kier molecular flexibility index (Phi) is 4.92. The van der Waals surface area contributed by atoms with Gasteiger partial charge in [-0.25, -0.2) is 15.0 Å². The van der Waals surface area contributed by atoms with Gasteiger partial charge in [0.05, 0.1) is 20.7 Å². The van der Waals surface area contributed by atoms with Gasteiger partial charge in [0, 0.05) is 16.5 Å². The zero-order chi connectivity index (χ0) is 21.4. The third kappa shape index (κ3) is 3.78. The number of benzene rings is 2. The molecule has 10 heteroatoms. The molecule has 3 aromatic heterocycles. The minimum atomic E-state index is -0.472. The van der Waals surface area contributed by atoms with E-state index in [1.807, 2.05) is 55.5 Å². The number of nitrogens with one attached hydrogen (secondary N) is 1. The number of anilines is 2. The zero-order valence-electron chi connectivity index (χ0n) is 16.1. The maximum Gasteiger partial charge on any atom is 0.344 e. The standard InChI is InChI=1S/C21H14N6O2S2/c1-12-7-8-14-16(10-12)31-21(25-14)26-19-18(27(28)29)20(24-11-23-19)30-15-6-2-4-13-5-3-9-22-17(13)15/h2-11H,1H3,(H,23,24,25,26). The molecule has 8 nitrogen and oxygen atoms in total. The van der Waals surface area contributed by atoms with Crippen LogP contribution in [0.25, 0.3) is 21.1 Å². The number of nitro groups is 1. The molecule has 0 unspecified atom stereocenters. The average molecular weight is 447 g/mol. The van der Waals surface area contributed by atoms with Crippen LogP contribution in [0.5, 0.6) is 0 Å². The van der Waals surface area contributed by atoms with Crippen LogP contribution < -0.4 is 5.32 Å². The average Bonchev–Trinajstić information content (AvgIpc) is 3.15. The van der Waals surface area contributed by atoms with Gasteiger partial charge in [-0.2, -0.15) is 0 Å². The quantitative estimate of drug-likeness (QED) is 0.207. The van der Waals surface area contributed by atoms with Crippen LogP contribution >= 0.6 is 23.1 Å². The smallest absolute Gasteiger partial charge is 0.310 e. The van der Waals surface area contributed by atoms with Crippen LogP contribution in [-0.4, -0.2) is 24.9 Å². The molecule has 0 atom stereocenters. The molecule has 0 aliphatic carbocycles. The molecular weight excluding hydrogens is 432 g/mol. The van der Waals surface area contributed by atoms with E-state index in [0.29, 0.717) is 5.13 Å². The molecule has 0 radical (unpaired) electrons. The highest BCUT2D eigenvalue weighted by Crippen LogP contribution is 2.40. The number of thiazole rings is 1. The van der Waals surface area contributed by atoms with Gasteiger partial charge in [-0.15, -0.1) is 0 Å². The largest absolute Gasteiger partial charge is 0.344 e. The molecule has 2 aromatic carbocycles. The fraction of sp³-hybridized carbons (Fsp3) is 0.0476. The second kappa shape index (κ2) is 7.89. The van der Waals surface area contributed by atoms with Crippen molar-refractivity contribution in [1.82, 2.24) is 19.9 Å². The third-order valence-corrected chi connectivity index (χ3v) is 6.52. The second-order valence-electron chi connectivity index (χ2n) is 6.68. The van der Waals surface area contributed by atoms with Gasteiger partial charge >= 0.3 is 5.69 Å². The van der Waals surface area contributed by atoms with Crippen molar-refractivity contribution in [1.29, 1.82) is 0 Å². The van der Waals surface area contributed by atoms with Crippen LogP contribution in [0.1, 0.15) is 5.56 Å². The number of fused-ring (bicyclic) bond motifs is 2. The molecular formula is C21H14N6O2S2. The van der Waals surface area contributed by atoms with Crippen LogP contribution in [0.15, 0.2) is 71.0 Å². The SMILES string of the molecule is Cc1ccc2nc(Nc3ncnc(Sc4cccc5cccnc45)c3[N+](=O)[O-])sc2c1. The molecule has 5 rings (SSSR count). The first-order chi connectivity index (χ1) is 15.1. The molecule has 0 fully saturated rings. The van der Waals surface area contributed by atoms with Crippen molar-refractivity contribution >= 4 is 60.9 Å². The second-order valence-corrected chi connectivity index (χ2v) is 8.74. The van der Waals surface area contributed by atoms with Gasteiger partial charge in [-0.05, 0) is 36.8 Å². The molecule has 0 bridgehead atoms. The van der Waals surface area contributed by atoms with E-state index in [0.717, 1.165) is 31.6 Å². The Bertz CT molecular complexity index is 1450. The summed E-state index contributed by atoms with van der Waals surface area (Å²) in [5.74, 6) is 0.103. The van der Waals surface area contributed by atoms with Gasteiger partial charge in [-0.3, -0.25) is 15.1 Å². The zero-order valence-corrected chi connectivity index (χ0v) is 17.8. The van der Waals surface area contributed by atoms with Gasteiger partial charge in [0.1, 0.15) is 6.33 Å². The Morgan fingerprint density at radius 2 is 1.97 bits per heavy atom. The number of rotatable bonds is 5. The molecule has 3 heterocycles. The Balaban J connectivity index is 1.54. The van der Waals surface area contributed by atoms with Crippen molar-refractivity contribution < 1.29 is 4.92 Å². The van der Waals surface area contributed by atoms with Crippen LogP contribution in [0, 0.1) is 17.0 Å². The molecule has 0 spiro atoms. The molecule has 0 saturated heterocycles. The van der Waals surface area contributed by atoms with Gasteiger partial charge in [-0.1, -0.05) is 47.4 Å². The van der Waals surface area contributed by atoms with Gasteiger partial charge < -0.3 is 5.32 Å². The molecule has 0 aliphatic rings. The molecule has 0 aliphatic heterocycles. The van der Waals surface area contributed by atoms with Crippen LogP contribution in [-0.2, 0) is 0 Å². The van der Waals surface area contributed by atoms with E-state index in [4.69, 9.17) is 0 Å². The van der Waals surface area contributed by atoms with Crippen LogP contribution in [0.4, 0.5) is 16.6 Å². The molecule has 5 aromatic rings. The summed E-state index contributed by atoms with van der Waals surface area (Å²) < 4.78 is 0.996. The number of nitrogens with zero attached hydrogens (tertiary/aromatic N) is 5. The summed E-state index contributed by atoms with van der Waals surface area (Å²) in [5.41, 5.74) is 2.51. The highest BCUT2D eigenvalue weighted by Gasteiger charge is 2.25. The summed E-state index contributed by atoms with van der Waals surface area (Å²) in [5, 5.41) is 16.7. The topological polar surface area (TPSA) is 107 Å². The minimum Gasteiger partial charge on any atom is -0.310 e. The fourth-order valence-corrected chi connectivity index (χ4v) is 5.10. The number of aryl methyl sites for hydroxylation is 1. The van der Waals surface area contributed by atoms with Gasteiger partial charge in [0.15, 0.2) is 10.2 Å². The monoisotopic (exact) mass is 446 g/mol. The highest BCUT2D eigenvalue weighted by molar-refractivity contribution is 7.99. The summed E-state index contributed by atoms with van der Waals surface area (Å²) in [6, 6.07) is 15.4. The summed E-state index contributed by atoms with van der Waals surface area (Å²) in [6.07, 6.45) is 3.01. The molecule has 0 amide bonds. The molecule has 0 saturated carbocycles. The van der Waals surface area contributed by atoms with Crippen molar-refractivity contribution in [3.8, 4) is 0 Å². The van der Waals surface area contributed by atoms with Crippen LogP contribution in [0.3, 0.4) is 0 Å². The summed E-state index contributed by atoms with van der Waals surface area (Å²) in [6.45, 7) is 2.01. The summed E-state index contributed by atoms with van der Waals surface area (Å²) in [7, 11) is 0. The van der Waals surface area contributed by atoms with E-state index in [1.54, 1.807) is 6.20 Å². The Morgan fingerprint density at radius 1 is 1.10 bits per heavy atom. The Morgan fingerprint density at radius 3 is 2.84 bits per heavy atom. The van der Waals surface area contributed by atoms with Gasteiger partial charge in [0.25, 0.3) is 0 Å². The van der Waals surface area contributed by atoms with Crippen molar-refractivity contribution in [3.05, 3.63) is 76.7 Å². The van der Waals surface area contributed by atoms with E-state index in [1.165, 1.54) is 29.4 Å². The number of para-hydroxylation sites is 1. The normalized spacial score (nSPS) is 11.1. The Hall–Kier alpha value is -3.63. The predicted octanol–water partition coefficient (Wildman–Crippen LogP) is 5.75. The molecule has 31 heavy (non-hydrogen) atoms. The van der Waals surface area contributed by atoms with Gasteiger partial charge in [0.2, 0.25) is 5.82 Å². The number of pyridine rings is 1. The van der Waals surface area contributed by atoms with E-state index in [-0.39, 0.29) is 16.5 Å². The minimum absolute atomic E-state index is 0.103. The van der Waals surface area contributed by atoms with E-state index >= 15 is 0 Å². The lowest BCUT2D eigenvalue weighted by molar-refractivity contribution is -0.387. The number of aromatic nitrogens is 4. The lowest BCUT2D eigenvalue weighted by Gasteiger charge is -2.08. The summed E-state index contributed by atoms with van der Waals surface area (Å²) in [4.78, 5) is 29.5.